The Kier molecular flexibility index (Phi) is 3.26. The largest absolute Gasteiger partial charge is 0.321 e. The number of nitrogens with one attached hydrogen (secondary N) is 2. The quantitative estimate of drug-likeness (QED) is 0.814. The maximum atomic E-state index is 12.0. The second-order valence-electron chi connectivity index (χ2n) is 4.36. The Morgan fingerprint density at radius 1 is 1.10 bits per heavy atom. The molecule has 3 rings (SSSR count). The molecule has 6 nitrogen and oxygen atoms in total. The van der Waals surface area contributed by atoms with Gasteiger partial charge in [0.2, 0.25) is 0 Å². The molecule has 0 unspecified atom stereocenters. The van der Waals surface area contributed by atoms with Crippen LogP contribution in [0.5, 0.6) is 0 Å². The number of carbonyl (C=O) groups excluding carboxylic acids is 3. The zero-order chi connectivity index (χ0) is 15.0. The Bertz CT molecular complexity index is 772. The highest BCUT2D eigenvalue weighted by Gasteiger charge is 2.26. The monoisotopic (exact) mass is 345 g/mol. The molecule has 1 aliphatic rings. The summed E-state index contributed by atoms with van der Waals surface area (Å²) < 4.78 is 0.770. The molecule has 0 radical (unpaired) electrons. The number of anilines is 1. The molecule has 0 saturated heterocycles. The number of amides is 3. The molecule has 3 amide bonds. The number of benzene rings is 1. The number of imide groups is 1. The van der Waals surface area contributed by atoms with Gasteiger partial charge in [0.15, 0.2) is 0 Å². The van der Waals surface area contributed by atoms with Crippen molar-refractivity contribution in [3.05, 3.63) is 57.8 Å². The van der Waals surface area contributed by atoms with Crippen LogP contribution in [0.2, 0.25) is 0 Å². The van der Waals surface area contributed by atoms with Crippen molar-refractivity contribution in [3.8, 4) is 0 Å². The van der Waals surface area contributed by atoms with Gasteiger partial charge in [-0.05, 0) is 46.3 Å². The Balaban J connectivity index is 1.84. The lowest BCUT2D eigenvalue weighted by Gasteiger charge is -2.05. The molecular weight excluding hydrogens is 338 g/mol. The molecule has 0 atom stereocenters. The van der Waals surface area contributed by atoms with E-state index in [4.69, 9.17) is 0 Å². The summed E-state index contributed by atoms with van der Waals surface area (Å²) in [6.45, 7) is 0. The molecular formula is C14H8BrN3O3. The van der Waals surface area contributed by atoms with Crippen molar-refractivity contribution < 1.29 is 14.4 Å². The number of nitrogens with zero attached hydrogens (tertiary/aromatic N) is 1. The van der Waals surface area contributed by atoms with E-state index in [-0.39, 0.29) is 11.3 Å². The van der Waals surface area contributed by atoms with Crippen LogP contribution in [0.25, 0.3) is 0 Å². The van der Waals surface area contributed by atoms with Crippen LogP contribution in [-0.4, -0.2) is 22.7 Å². The fourth-order valence-electron chi connectivity index (χ4n) is 1.95. The number of halogens is 1. The summed E-state index contributed by atoms with van der Waals surface area (Å²) in [6, 6.07) is 7.81. The Morgan fingerprint density at radius 2 is 1.86 bits per heavy atom. The van der Waals surface area contributed by atoms with Crippen LogP contribution in [0.3, 0.4) is 0 Å². The highest BCUT2D eigenvalue weighted by molar-refractivity contribution is 9.10. The van der Waals surface area contributed by atoms with E-state index >= 15 is 0 Å². The minimum Gasteiger partial charge on any atom is -0.321 e. The zero-order valence-electron chi connectivity index (χ0n) is 10.5. The molecule has 0 bridgehead atoms. The first kappa shape index (κ1) is 13.4. The van der Waals surface area contributed by atoms with Crippen LogP contribution in [0, 0.1) is 0 Å². The Hall–Kier alpha value is -2.54. The van der Waals surface area contributed by atoms with Gasteiger partial charge in [0.1, 0.15) is 5.69 Å². The number of hydrogen-bond donors (Lipinski definition) is 2. The molecule has 104 valence electrons. The van der Waals surface area contributed by atoms with Crippen molar-refractivity contribution in [1.82, 2.24) is 10.3 Å². The molecule has 0 spiro atoms. The molecule has 2 aromatic rings. The van der Waals surface area contributed by atoms with E-state index < -0.39 is 17.7 Å². The molecule has 1 aliphatic heterocycles. The smallest absolute Gasteiger partial charge is 0.274 e. The van der Waals surface area contributed by atoms with Crippen LogP contribution in [0.4, 0.5) is 5.69 Å². The van der Waals surface area contributed by atoms with Crippen molar-refractivity contribution in [3.63, 3.8) is 0 Å². The summed E-state index contributed by atoms with van der Waals surface area (Å²) in [5, 5.41) is 4.83. The first-order chi connectivity index (χ1) is 10.0. The summed E-state index contributed by atoms with van der Waals surface area (Å²) in [5.74, 6) is -1.29. The number of rotatable bonds is 2. The first-order valence-electron chi connectivity index (χ1n) is 5.97. The third-order valence-corrected chi connectivity index (χ3v) is 3.42. The zero-order valence-corrected chi connectivity index (χ0v) is 12.1. The molecule has 21 heavy (non-hydrogen) atoms. The number of aromatic nitrogens is 1. The minimum absolute atomic E-state index is 0.249. The highest BCUT2D eigenvalue weighted by Crippen LogP contribution is 2.20. The molecule has 0 saturated carbocycles. The molecule has 1 aromatic carbocycles. The van der Waals surface area contributed by atoms with E-state index in [0.717, 1.165) is 4.47 Å². The van der Waals surface area contributed by atoms with Crippen molar-refractivity contribution in [2.45, 2.75) is 0 Å². The van der Waals surface area contributed by atoms with E-state index in [1.807, 2.05) is 0 Å². The lowest BCUT2D eigenvalue weighted by molar-refractivity contribution is 0.0878. The van der Waals surface area contributed by atoms with Crippen LogP contribution in [-0.2, 0) is 0 Å². The summed E-state index contributed by atoms with van der Waals surface area (Å²) in [4.78, 5) is 39.0. The van der Waals surface area contributed by atoms with Gasteiger partial charge in [-0.25, -0.2) is 4.98 Å². The third kappa shape index (κ3) is 2.55. The molecule has 1 aromatic heterocycles. The van der Waals surface area contributed by atoms with Gasteiger partial charge in [-0.2, -0.15) is 0 Å². The number of carbonyl (C=O) groups is 3. The van der Waals surface area contributed by atoms with Gasteiger partial charge in [-0.1, -0.05) is 0 Å². The van der Waals surface area contributed by atoms with Crippen molar-refractivity contribution in [2.24, 2.45) is 0 Å². The molecule has 0 fully saturated rings. The van der Waals surface area contributed by atoms with Gasteiger partial charge in [0.05, 0.1) is 11.1 Å². The molecule has 2 N–H and O–H groups in total. The predicted octanol–water partition coefficient (Wildman–Crippen LogP) is 1.98. The van der Waals surface area contributed by atoms with Crippen molar-refractivity contribution in [2.75, 3.05) is 5.32 Å². The summed E-state index contributed by atoms with van der Waals surface area (Å²) in [6.07, 6.45) is 1.52. The van der Waals surface area contributed by atoms with Gasteiger partial charge < -0.3 is 5.32 Å². The average molecular weight is 346 g/mol. The van der Waals surface area contributed by atoms with Gasteiger partial charge in [0, 0.05) is 16.4 Å². The number of fused-ring (bicyclic) bond motifs is 1. The van der Waals surface area contributed by atoms with Gasteiger partial charge in [-0.15, -0.1) is 0 Å². The lowest BCUT2D eigenvalue weighted by atomic mass is 10.1. The molecule has 7 heteroatoms. The predicted molar refractivity (Wildman–Crippen MR) is 78.1 cm³/mol. The topological polar surface area (TPSA) is 88.2 Å². The standard InChI is InChI=1S/C14H8BrN3O3/c15-7-1-4-11(16-6-7)14(21)17-8-2-3-9-10(5-8)13(20)18-12(9)19/h1-6H,(H,17,21)(H,18,19,20). The molecule has 0 aliphatic carbocycles. The highest BCUT2D eigenvalue weighted by atomic mass is 79.9. The SMILES string of the molecule is O=C(Nc1ccc2c(c1)C(=O)NC2=O)c1ccc(Br)cn1. The number of hydrogen-bond acceptors (Lipinski definition) is 4. The number of pyridine rings is 1. The van der Waals surface area contributed by atoms with Crippen LogP contribution in [0.15, 0.2) is 41.0 Å². The van der Waals surface area contributed by atoms with E-state index in [1.54, 1.807) is 18.2 Å². The summed E-state index contributed by atoms with van der Waals surface area (Å²) in [5.41, 5.74) is 1.23. The van der Waals surface area contributed by atoms with E-state index in [9.17, 15) is 14.4 Å². The van der Waals surface area contributed by atoms with Gasteiger partial charge in [-0.3, -0.25) is 19.7 Å². The maximum absolute atomic E-state index is 12.0. The second-order valence-corrected chi connectivity index (χ2v) is 5.28. The van der Waals surface area contributed by atoms with Crippen molar-refractivity contribution >= 4 is 39.3 Å². The minimum atomic E-state index is -0.465. The van der Waals surface area contributed by atoms with E-state index in [2.05, 4.69) is 31.5 Å². The maximum Gasteiger partial charge on any atom is 0.274 e. The van der Waals surface area contributed by atoms with Crippen LogP contribution >= 0.6 is 15.9 Å². The van der Waals surface area contributed by atoms with Crippen LogP contribution < -0.4 is 10.6 Å². The van der Waals surface area contributed by atoms with Gasteiger partial charge >= 0.3 is 0 Å². The van der Waals surface area contributed by atoms with E-state index in [1.165, 1.54) is 18.3 Å². The van der Waals surface area contributed by atoms with Gasteiger partial charge in [0.25, 0.3) is 17.7 Å². The average Bonchev–Trinajstić information content (AvgIpc) is 2.74. The lowest BCUT2D eigenvalue weighted by Crippen LogP contribution is -2.19. The van der Waals surface area contributed by atoms with Crippen LogP contribution in [0.1, 0.15) is 31.2 Å². The summed E-state index contributed by atoms with van der Waals surface area (Å²) >= 11 is 3.24. The Morgan fingerprint density at radius 3 is 2.57 bits per heavy atom. The molecule has 2 heterocycles. The fraction of sp³-hybridized carbons (Fsp3) is 0. The third-order valence-electron chi connectivity index (χ3n) is 2.95. The van der Waals surface area contributed by atoms with Crippen molar-refractivity contribution in [1.29, 1.82) is 0 Å². The fourth-order valence-corrected chi connectivity index (χ4v) is 2.19. The second kappa shape index (κ2) is 5.10. The summed E-state index contributed by atoms with van der Waals surface area (Å²) in [7, 11) is 0. The van der Waals surface area contributed by atoms with E-state index in [0.29, 0.717) is 11.3 Å². The normalized spacial score (nSPS) is 12.8. The first-order valence-corrected chi connectivity index (χ1v) is 6.76. The Labute approximate surface area is 127 Å².